The number of hydrogen-bond acceptors (Lipinski definition) is 9. The largest absolute Gasteiger partial charge is 0.506 e. The van der Waals surface area contributed by atoms with Crippen LogP contribution in [0.25, 0.3) is 21.8 Å². The van der Waals surface area contributed by atoms with Gasteiger partial charge in [-0.05, 0) is 91.6 Å². The van der Waals surface area contributed by atoms with E-state index in [4.69, 9.17) is 17.3 Å². The molecule has 0 bridgehead atoms. The number of pyridine rings is 4. The molecule has 4 aromatic carbocycles. The van der Waals surface area contributed by atoms with Crippen LogP contribution in [0.5, 0.6) is 11.5 Å². The fourth-order valence-corrected chi connectivity index (χ4v) is 5.48. The van der Waals surface area contributed by atoms with Gasteiger partial charge in [-0.15, -0.1) is 0 Å². The minimum absolute atomic E-state index is 0.0330. The zero-order chi connectivity index (χ0) is 40.9. The average Bonchev–Trinajstić information content (AvgIpc) is 3.22. The number of nitrogens with zero attached hydrogens (tertiary/aromatic N) is 4. The summed E-state index contributed by atoms with van der Waals surface area (Å²) in [6.07, 6.45) is 7.38. The zero-order valence-electron chi connectivity index (χ0n) is 31.2. The lowest BCUT2D eigenvalue weighted by Crippen LogP contribution is -2.14. The number of halogens is 3. The number of hydrogen-bond donors (Lipinski definition) is 4. The van der Waals surface area contributed by atoms with Gasteiger partial charge in [-0.3, -0.25) is 14.8 Å². The maximum Gasteiger partial charge on any atom is 0.150 e. The van der Waals surface area contributed by atoms with Crippen LogP contribution in [0.3, 0.4) is 0 Å². The summed E-state index contributed by atoms with van der Waals surface area (Å²) in [6, 6.07) is 32.6. The van der Waals surface area contributed by atoms with Gasteiger partial charge in [-0.2, -0.15) is 0 Å². The van der Waals surface area contributed by atoms with Crippen LogP contribution in [0.1, 0.15) is 44.2 Å². The smallest absolute Gasteiger partial charge is 0.150 e. The Morgan fingerprint density at radius 3 is 1.96 bits per heavy atom. The van der Waals surface area contributed by atoms with E-state index in [0.29, 0.717) is 51.2 Å². The van der Waals surface area contributed by atoms with Crippen molar-refractivity contribution in [2.45, 2.75) is 26.8 Å². The molecule has 288 valence electrons. The predicted molar refractivity (Wildman–Crippen MR) is 223 cm³/mol. The van der Waals surface area contributed by atoms with Crippen LogP contribution in [0.15, 0.2) is 140 Å². The molecule has 0 spiro atoms. The van der Waals surface area contributed by atoms with Crippen LogP contribution < -0.4 is 11.1 Å². The quantitative estimate of drug-likeness (QED) is 0.125. The molecule has 0 aliphatic heterocycles. The second-order valence-electron chi connectivity index (χ2n) is 12.8. The second kappa shape index (κ2) is 19.6. The normalized spacial score (nSPS) is 10.8. The van der Waals surface area contributed by atoms with Crippen LogP contribution in [-0.4, -0.2) is 36.4 Å². The summed E-state index contributed by atoms with van der Waals surface area (Å²) in [4.78, 5) is 26.6. The van der Waals surface area contributed by atoms with E-state index < -0.39 is 11.9 Å². The fraction of sp³-hybridized carbons (Fsp3) is 0.0889. The van der Waals surface area contributed by atoms with E-state index in [2.05, 4.69) is 25.3 Å². The molecule has 0 radical (unpaired) electrons. The van der Waals surface area contributed by atoms with Gasteiger partial charge in [-0.25, -0.2) is 18.7 Å². The number of aromatic hydroxyl groups is 2. The molecular weight excluding hydrogens is 746 g/mol. The van der Waals surface area contributed by atoms with Crippen molar-refractivity contribution in [1.82, 2.24) is 19.9 Å². The highest BCUT2D eigenvalue weighted by atomic mass is 35.5. The van der Waals surface area contributed by atoms with E-state index >= 15 is 0 Å². The van der Waals surface area contributed by atoms with E-state index in [1.54, 1.807) is 56.0 Å². The molecular formula is C45H39ClF2N6O3. The molecule has 4 heterocycles. The zero-order valence-corrected chi connectivity index (χ0v) is 32.0. The van der Waals surface area contributed by atoms with Gasteiger partial charge in [0.25, 0.3) is 0 Å². The lowest BCUT2D eigenvalue weighted by molar-refractivity contribution is 0.112. The van der Waals surface area contributed by atoms with Crippen molar-refractivity contribution in [3.8, 4) is 11.5 Å². The number of carbonyl (C=O) groups excluding carboxylic acids is 1. The van der Waals surface area contributed by atoms with Gasteiger partial charge >= 0.3 is 0 Å². The number of fused-ring (bicyclic) bond motifs is 2. The van der Waals surface area contributed by atoms with Gasteiger partial charge in [0.1, 0.15) is 52.1 Å². The van der Waals surface area contributed by atoms with Crippen LogP contribution in [0.4, 0.5) is 20.4 Å². The maximum atomic E-state index is 14.3. The first-order valence-electron chi connectivity index (χ1n) is 17.6. The van der Waals surface area contributed by atoms with Gasteiger partial charge in [0.05, 0.1) is 11.1 Å². The first-order chi connectivity index (χ1) is 27.4. The number of nitrogen functional groups attached to an aromatic ring is 1. The molecule has 57 heavy (non-hydrogen) atoms. The molecule has 4 aromatic heterocycles. The summed E-state index contributed by atoms with van der Waals surface area (Å²) in [5.41, 5.74) is 10.8. The number of benzene rings is 4. The molecule has 0 fully saturated rings. The fourth-order valence-electron chi connectivity index (χ4n) is 5.36. The molecule has 12 heteroatoms. The van der Waals surface area contributed by atoms with E-state index in [9.17, 15) is 23.8 Å². The Morgan fingerprint density at radius 1 is 0.702 bits per heavy atom. The lowest BCUT2D eigenvalue weighted by Gasteiger charge is -2.22. The number of phenolic OH excluding ortho intramolecular Hbond substituents is 2. The van der Waals surface area contributed by atoms with Gasteiger partial charge in [0, 0.05) is 46.7 Å². The topological polar surface area (TPSA) is 147 Å². The molecule has 8 rings (SSSR count). The summed E-state index contributed by atoms with van der Waals surface area (Å²) >= 11 is 5.35. The Bertz CT molecular complexity index is 2570. The number of phenols is 2. The van der Waals surface area contributed by atoms with Crippen molar-refractivity contribution >= 4 is 51.3 Å². The number of para-hydroxylation sites is 1. The first kappa shape index (κ1) is 41.2. The van der Waals surface area contributed by atoms with Crippen LogP contribution in [0.2, 0.25) is 5.02 Å². The van der Waals surface area contributed by atoms with Gasteiger partial charge < -0.3 is 21.3 Å². The highest BCUT2D eigenvalue weighted by Crippen LogP contribution is 2.36. The molecule has 8 aromatic rings. The Labute approximate surface area is 333 Å². The van der Waals surface area contributed by atoms with Crippen molar-refractivity contribution in [2.24, 2.45) is 0 Å². The number of aldehydes is 1. The molecule has 0 aliphatic rings. The molecule has 1 unspecified atom stereocenters. The summed E-state index contributed by atoms with van der Waals surface area (Å²) < 4.78 is 26.8. The SMILES string of the molecule is Cc1ccc(N)nc1.Cc1ccc(NC(c2ccc(C)c(F)c2)c2ccc3cccnc3c2O)nc1.O=Cc1ccc(Cl)c(F)c1.Oc1cccc2cccnc12. The minimum Gasteiger partial charge on any atom is -0.506 e. The van der Waals surface area contributed by atoms with Gasteiger partial charge in [0.15, 0.2) is 0 Å². The molecule has 0 saturated heterocycles. The highest BCUT2D eigenvalue weighted by Gasteiger charge is 2.21. The number of carbonyl (C=O) groups is 1. The van der Waals surface area contributed by atoms with E-state index in [1.807, 2.05) is 80.6 Å². The summed E-state index contributed by atoms with van der Waals surface area (Å²) in [5, 5.41) is 25.4. The number of nitrogens with two attached hydrogens (primary N) is 1. The number of anilines is 2. The van der Waals surface area contributed by atoms with E-state index in [1.165, 1.54) is 18.2 Å². The summed E-state index contributed by atoms with van der Waals surface area (Å²) in [7, 11) is 0. The van der Waals surface area contributed by atoms with Crippen molar-refractivity contribution in [2.75, 3.05) is 11.1 Å². The van der Waals surface area contributed by atoms with Crippen molar-refractivity contribution in [3.63, 3.8) is 0 Å². The third kappa shape index (κ3) is 11.3. The number of aromatic nitrogens is 4. The third-order valence-corrected chi connectivity index (χ3v) is 8.75. The van der Waals surface area contributed by atoms with E-state index in [0.717, 1.165) is 28.0 Å². The van der Waals surface area contributed by atoms with Crippen LogP contribution >= 0.6 is 11.6 Å². The molecule has 5 N–H and O–H groups in total. The van der Waals surface area contributed by atoms with E-state index in [-0.39, 0.29) is 22.3 Å². The Hall–Kier alpha value is -6.98. The summed E-state index contributed by atoms with van der Waals surface area (Å²) in [6.45, 7) is 5.66. The monoisotopic (exact) mass is 784 g/mol. The molecule has 0 aliphatic carbocycles. The Morgan fingerprint density at radius 2 is 1.37 bits per heavy atom. The Kier molecular flexibility index (Phi) is 14.1. The van der Waals surface area contributed by atoms with Crippen LogP contribution in [-0.2, 0) is 0 Å². The maximum absolute atomic E-state index is 14.3. The van der Waals surface area contributed by atoms with Crippen molar-refractivity contribution in [3.05, 3.63) is 190 Å². The molecule has 9 nitrogen and oxygen atoms in total. The second-order valence-corrected chi connectivity index (χ2v) is 13.2. The standard InChI is InChI=1S/C23H20FN3O.C9H7NO.C7H4ClFO.C6H8N2/c1-14-5-10-20(26-13-14)27-21(17-7-6-15(2)19(24)12-17)18-9-8-16-4-3-11-25-22(16)23(18)28;11-8-5-1-3-7-4-2-6-10-9(7)8;8-6-2-1-5(4-10)3-7(6)9;1-5-2-3-6(7)8-4-5/h3-13,21,28H,1-2H3,(H,26,27);1-6,11H;1-4H;2-4H,1H3,(H2,7,8). The summed E-state index contributed by atoms with van der Waals surface area (Å²) in [5.74, 6) is 0.672. The Balaban J connectivity index is 0.000000173. The average molecular weight is 785 g/mol. The van der Waals surface area contributed by atoms with Crippen molar-refractivity contribution < 1.29 is 23.8 Å². The molecule has 1 atom stereocenters. The third-order valence-electron chi connectivity index (χ3n) is 8.45. The number of rotatable bonds is 5. The molecule has 0 saturated carbocycles. The minimum atomic E-state index is -0.564. The van der Waals surface area contributed by atoms with Crippen LogP contribution in [0, 0.1) is 32.4 Å². The van der Waals surface area contributed by atoms with Crippen molar-refractivity contribution in [1.29, 1.82) is 0 Å². The molecule has 0 amide bonds. The lowest BCUT2D eigenvalue weighted by atomic mass is 9.95. The highest BCUT2D eigenvalue weighted by molar-refractivity contribution is 6.30. The predicted octanol–water partition coefficient (Wildman–Crippen LogP) is 10.5. The number of aryl methyl sites for hydroxylation is 3. The first-order valence-corrected chi connectivity index (χ1v) is 17.9. The number of nitrogens with one attached hydrogen (secondary N) is 1. The van der Waals surface area contributed by atoms with Gasteiger partial charge in [-0.1, -0.05) is 78.3 Å². The van der Waals surface area contributed by atoms with Gasteiger partial charge in [0.2, 0.25) is 0 Å².